The molecule has 32 heavy (non-hydrogen) atoms. The minimum atomic E-state index is -1.75. The van der Waals surface area contributed by atoms with Gasteiger partial charge in [-0.2, -0.15) is 5.10 Å². The predicted octanol–water partition coefficient (Wildman–Crippen LogP) is 1.88. The standard InChI is InChI=1S/C17H16N4O2.C2H6O.Cu.NO3.O/c1-10-8-18-15(11(10)2)17(23)21-19-9-13-7-12-5-3-4-6-14(12)20-16(13)22;1-2-3;;2-1(3)4;/h3-9,18H,1-2H3,(H,20,22)(H,21,23);3H,2H2,1H3;;;/q;;+2;-1;-2/b19-9+;;;;. The van der Waals surface area contributed by atoms with Gasteiger partial charge in [-0.1, -0.05) is 18.2 Å². The maximum absolute atomic E-state index is 12.0. The molecule has 0 aliphatic heterocycles. The molecule has 2 aromatic heterocycles. The molecule has 3 aromatic rings. The third-order valence-electron chi connectivity index (χ3n) is 3.78. The van der Waals surface area contributed by atoms with Crippen molar-refractivity contribution in [1.29, 1.82) is 0 Å². The van der Waals surface area contributed by atoms with Crippen LogP contribution >= 0.6 is 0 Å². The van der Waals surface area contributed by atoms with Gasteiger partial charge in [0.05, 0.1) is 16.9 Å². The summed E-state index contributed by atoms with van der Waals surface area (Å²) in [6, 6.07) is 9.20. The number of pyridine rings is 1. The largest absolute Gasteiger partial charge is 2.00 e. The molecule has 4 N–H and O–H groups in total. The molecule has 0 atom stereocenters. The average molecular weight is 496 g/mol. The van der Waals surface area contributed by atoms with E-state index in [4.69, 9.17) is 20.4 Å². The Morgan fingerprint density at radius 1 is 1.28 bits per heavy atom. The van der Waals surface area contributed by atoms with E-state index < -0.39 is 5.09 Å². The van der Waals surface area contributed by atoms with Crippen molar-refractivity contribution in [3.63, 3.8) is 0 Å². The number of hydrogen-bond donors (Lipinski definition) is 4. The average Bonchev–Trinajstić information content (AvgIpc) is 3.01. The number of rotatable bonds is 3. The number of para-hydroxylation sites is 1. The maximum Gasteiger partial charge on any atom is 2.00 e. The third kappa shape index (κ3) is 9.53. The molecule has 1 radical (unpaired) electrons. The minimum absolute atomic E-state index is 0. The summed E-state index contributed by atoms with van der Waals surface area (Å²) < 4.78 is 0. The molecule has 1 aromatic carbocycles. The van der Waals surface area contributed by atoms with Crippen molar-refractivity contribution in [1.82, 2.24) is 15.4 Å². The summed E-state index contributed by atoms with van der Waals surface area (Å²) in [7, 11) is 0. The predicted molar refractivity (Wildman–Crippen MR) is 114 cm³/mol. The first-order valence-electron chi connectivity index (χ1n) is 8.73. The van der Waals surface area contributed by atoms with E-state index >= 15 is 0 Å². The first kappa shape index (κ1) is 30.7. The van der Waals surface area contributed by atoms with Crippen LogP contribution in [0.3, 0.4) is 0 Å². The Morgan fingerprint density at radius 3 is 2.38 bits per heavy atom. The van der Waals surface area contributed by atoms with Crippen molar-refractivity contribution in [2.45, 2.75) is 20.8 Å². The number of fused-ring (bicyclic) bond motifs is 1. The number of carbonyl (C=O) groups excluding carboxylic acids is 1. The van der Waals surface area contributed by atoms with Crippen LogP contribution in [-0.2, 0) is 22.5 Å². The molecule has 1 amide bonds. The van der Waals surface area contributed by atoms with Gasteiger partial charge in [0.15, 0.2) is 0 Å². The second kappa shape index (κ2) is 15.3. The van der Waals surface area contributed by atoms with Crippen LogP contribution < -0.4 is 11.0 Å². The number of H-pyrrole nitrogens is 2. The van der Waals surface area contributed by atoms with Gasteiger partial charge in [-0.3, -0.25) is 9.59 Å². The molecule has 0 aliphatic carbocycles. The fourth-order valence-electron chi connectivity index (χ4n) is 2.31. The molecule has 0 bridgehead atoms. The van der Waals surface area contributed by atoms with Gasteiger partial charge in [0, 0.05) is 18.3 Å². The van der Waals surface area contributed by atoms with Crippen molar-refractivity contribution >= 4 is 23.0 Å². The summed E-state index contributed by atoms with van der Waals surface area (Å²) in [4.78, 5) is 37.9. The SMILES string of the molecule is CCO.Cc1c[nH]c(C(=O)N/N=C/c2cc3ccccc3[nH]c2=O)c1C.O=[N+]([O-])[O-].[Cu+2].[O-2]. The monoisotopic (exact) mass is 495 g/mol. The number of nitrogens with zero attached hydrogens (tertiary/aromatic N) is 2. The van der Waals surface area contributed by atoms with Crippen LogP contribution in [0.4, 0.5) is 0 Å². The van der Waals surface area contributed by atoms with Crippen LogP contribution in [0.25, 0.3) is 10.9 Å². The molecule has 12 nitrogen and oxygen atoms in total. The fraction of sp³-hybridized carbons (Fsp3) is 0.211. The second-order valence-corrected chi connectivity index (χ2v) is 5.85. The first-order chi connectivity index (χ1) is 14.2. The summed E-state index contributed by atoms with van der Waals surface area (Å²) in [6.45, 7) is 5.71. The number of amides is 1. The van der Waals surface area contributed by atoms with E-state index in [1.165, 1.54) is 6.21 Å². The van der Waals surface area contributed by atoms with Crippen LogP contribution in [0.2, 0.25) is 0 Å². The number of aromatic nitrogens is 2. The summed E-state index contributed by atoms with van der Waals surface area (Å²) >= 11 is 0. The second-order valence-electron chi connectivity index (χ2n) is 5.85. The zero-order valence-corrected chi connectivity index (χ0v) is 18.3. The van der Waals surface area contributed by atoms with Gasteiger partial charge >= 0.3 is 17.1 Å². The van der Waals surface area contributed by atoms with E-state index in [2.05, 4.69) is 20.5 Å². The summed E-state index contributed by atoms with van der Waals surface area (Å²) in [5, 5.41) is 27.1. The molecular weight excluding hydrogens is 474 g/mol. The van der Waals surface area contributed by atoms with Crippen molar-refractivity contribution in [2.75, 3.05) is 6.61 Å². The van der Waals surface area contributed by atoms with Gasteiger partial charge in [0.1, 0.15) is 5.69 Å². The van der Waals surface area contributed by atoms with Crippen molar-refractivity contribution < 1.29 is 37.5 Å². The smallest absolute Gasteiger partial charge is 2.00 e. The molecule has 0 saturated carbocycles. The van der Waals surface area contributed by atoms with Gasteiger partial charge in [0.25, 0.3) is 11.5 Å². The number of aromatic amines is 2. The Hall–Kier alpha value is -3.51. The third-order valence-corrected chi connectivity index (χ3v) is 3.78. The van der Waals surface area contributed by atoms with E-state index in [9.17, 15) is 9.59 Å². The van der Waals surface area contributed by atoms with Crippen LogP contribution in [0, 0.1) is 29.2 Å². The number of hydrogen-bond acceptors (Lipinski definition) is 7. The zero-order chi connectivity index (χ0) is 22.7. The number of aliphatic hydroxyl groups excluding tert-OH is 1. The summed E-state index contributed by atoms with van der Waals surface area (Å²) in [5.41, 5.74) is 5.65. The minimum Gasteiger partial charge on any atom is -2.00 e. The Labute approximate surface area is 193 Å². The number of benzene rings is 1. The van der Waals surface area contributed by atoms with E-state index in [0.29, 0.717) is 11.3 Å². The molecular formula is C19H22CuN5O7-. The molecule has 0 saturated heterocycles. The number of aliphatic hydroxyl groups is 1. The van der Waals surface area contributed by atoms with Gasteiger partial charge < -0.3 is 35.9 Å². The molecule has 13 heteroatoms. The molecule has 3 rings (SSSR count). The number of hydrazone groups is 1. The fourth-order valence-corrected chi connectivity index (χ4v) is 2.31. The first-order valence-corrected chi connectivity index (χ1v) is 8.73. The van der Waals surface area contributed by atoms with Crippen molar-refractivity contribution in [3.05, 3.63) is 84.6 Å². The van der Waals surface area contributed by atoms with Gasteiger partial charge in [-0.05, 0) is 49.4 Å². The molecule has 0 unspecified atom stereocenters. The number of nitrogens with one attached hydrogen (secondary N) is 3. The van der Waals surface area contributed by atoms with E-state index in [1.54, 1.807) is 19.2 Å². The van der Waals surface area contributed by atoms with Crippen LogP contribution in [-0.4, -0.2) is 38.9 Å². The van der Waals surface area contributed by atoms with E-state index in [0.717, 1.165) is 22.0 Å². The summed E-state index contributed by atoms with van der Waals surface area (Å²) in [6.07, 6.45) is 3.11. The van der Waals surface area contributed by atoms with Crippen molar-refractivity contribution in [3.8, 4) is 0 Å². The maximum atomic E-state index is 12.0. The molecule has 177 valence electrons. The summed E-state index contributed by atoms with van der Waals surface area (Å²) in [5.74, 6) is -0.343. The van der Waals surface area contributed by atoms with Gasteiger partial charge in [-0.25, -0.2) is 5.43 Å². The van der Waals surface area contributed by atoms with Crippen LogP contribution in [0.15, 0.2) is 46.4 Å². The molecule has 0 spiro atoms. The van der Waals surface area contributed by atoms with E-state index in [-0.39, 0.29) is 40.6 Å². The van der Waals surface area contributed by atoms with Crippen LogP contribution in [0.5, 0.6) is 0 Å². The van der Waals surface area contributed by atoms with Crippen molar-refractivity contribution in [2.24, 2.45) is 5.10 Å². The molecule has 0 fully saturated rings. The quantitative estimate of drug-likeness (QED) is 0.184. The number of aryl methyl sites for hydroxylation is 1. The zero-order valence-electron chi connectivity index (χ0n) is 17.3. The number of carbonyl (C=O) groups is 1. The molecule has 2 heterocycles. The Bertz CT molecular complexity index is 1090. The Balaban J connectivity index is 0. The topological polar surface area (TPSA) is 205 Å². The van der Waals surface area contributed by atoms with Gasteiger partial charge in [-0.15, -0.1) is 0 Å². The van der Waals surface area contributed by atoms with Gasteiger partial charge in [0.2, 0.25) is 0 Å². The Morgan fingerprint density at radius 2 is 1.84 bits per heavy atom. The van der Waals surface area contributed by atoms with Crippen LogP contribution in [0.1, 0.15) is 34.1 Å². The molecule has 0 aliphatic rings. The normalized spacial score (nSPS) is 9.38. The van der Waals surface area contributed by atoms with E-state index in [1.807, 2.05) is 38.1 Å². The Kier molecular flexibility index (Phi) is 14.7.